The van der Waals surface area contributed by atoms with Crippen molar-refractivity contribution in [1.82, 2.24) is 4.98 Å². The smallest absolute Gasteiger partial charge is 1.00 e. The largest absolute Gasteiger partial charge is 1.00 e. The summed E-state index contributed by atoms with van der Waals surface area (Å²) in [5, 5.41) is 18.0. The van der Waals surface area contributed by atoms with Crippen molar-refractivity contribution in [3.63, 3.8) is 0 Å². The maximum atomic E-state index is 11.1. The van der Waals surface area contributed by atoms with Gasteiger partial charge in [-0.15, -0.1) is 0 Å². The molecule has 1 heterocycles. The Bertz CT molecular complexity index is 665. The molecule has 7 heteroatoms. The van der Waals surface area contributed by atoms with E-state index in [9.17, 15) is 9.59 Å². The number of aromatic nitrogens is 1. The molecule has 1 aromatic heterocycles. The van der Waals surface area contributed by atoms with Crippen molar-refractivity contribution in [2.24, 2.45) is 0 Å². The van der Waals surface area contributed by atoms with E-state index in [1.54, 1.807) is 30.3 Å². The van der Waals surface area contributed by atoms with Gasteiger partial charge in [-0.3, -0.25) is 0 Å². The molecule has 0 aliphatic carbocycles. The van der Waals surface area contributed by atoms with E-state index in [1.807, 2.05) is 0 Å². The molecule has 0 amide bonds. The maximum Gasteiger partial charge on any atom is 1.00 e. The summed E-state index contributed by atoms with van der Waals surface area (Å²) in [6, 6.07) is 9.84. The Morgan fingerprint density at radius 3 is 2.20 bits per heavy atom. The number of carbonyl (C=O) groups is 2. The van der Waals surface area contributed by atoms with Crippen molar-refractivity contribution >= 4 is 17.6 Å². The van der Waals surface area contributed by atoms with E-state index < -0.39 is 23.2 Å². The van der Waals surface area contributed by atoms with E-state index in [0.29, 0.717) is 5.56 Å². The Morgan fingerprint density at radius 1 is 1.10 bits per heavy atom. The molecule has 0 saturated carbocycles. The van der Waals surface area contributed by atoms with Gasteiger partial charge in [0.1, 0.15) is 0 Å². The first-order valence-electron chi connectivity index (χ1n) is 5.33. The van der Waals surface area contributed by atoms with E-state index in [-0.39, 0.29) is 42.4 Å². The third kappa shape index (κ3) is 3.16. The number of aromatic carboxylic acids is 2. The van der Waals surface area contributed by atoms with E-state index in [2.05, 4.69) is 4.98 Å². The number of nitrogens with two attached hydrogens (primary N) is 1. The number of nitrogens with zero attached hydrogens (tertiary/aromatic N) is 1. The number of pyridine rings is 1. The standard InChI is InChI=1S/C13H10N2O4.Na.H/c14-9-6-8(12(16)17)11(13(18)19)15-10(9)7-4-2-1-3-5-7;;/h1-6H,14H2,(H,16,17)(H,18,19);;/q;+1;-1. The van der Waals surface area contributed by atoms with Crippen LogP contribution in [0.5, 0.6) is 0 Å². The molecule has 6 nitrogen and oxygen atoms in total. The molecule has 2 aromatic rings. The first kappa shape index (κ1) is 16.2. The molecule has 0 aliphatic heterocycles. The summed E-state index contributed by atoms with van der Waals surface area (Å²) >= 11 is 0. The first-order chi connectivity index (χ1) is 9.00. The predicted octanol–water partition coefficient (Wildman–Crippen LogP) is -1.16. The molecule has 0 aliphatic rings. The first-order valence-corrected chi connectivity index (χ1v) is 5.33. The second kappa shape index (κ2) is 6.51. The van der Waals surface area contributed by atoms with Crippen LogP contribution in [-0.4, -0.2) is 27.1 Å². The molecular formula is C13H11N2NaO4. The average Bonchev–Trinajstić information content (AvgIpc) is 2.39. The molecule has 20 heavy (non-hydrogen) atoms. The van der Waals surface area contributed by atoms with Crippen LogP contribution in [0.1, 0.15) is 22.3 Å². The molecule has 0 radical (unpaired) electrons. The van der Waals surface area contributed by atoms with Crippen LogP contribution in [0.3, 0.4) is 0 Å². The van der Waals surface area contributed by atoms with Gasteiger partial charge in [-0.1, -0.05) is 30.3 Å². The van der Waals surface area contributed by atoms with Crippen LogP contribution in [-0.2, 0) is 0 Å². The molecule has 0 saturated heterocycles. The Hall–Kier alpha value is -1.89. The molecule has 98 valence electrons. The van der Waals surface area contributed by atoms with Crippen molar-refractivity contribution in [3.05, 3.63) is 47.7 Å². The number of benzene rings is 1. The Balaban J connectivity index is 0.00000200. The normalized spacial score (nSPS) is 9.60. The van der Waals surface area contributed by atoms with Gasteiger partial charge in [0, 0.05) is 5.56 Å². The molecule has 0 atom stereocenters. The Kier molecular flexibility index (Phi) is 5.26. The number of carboxylic acids is 2. The molecule has 2 rings (SSSR count). The van der Waals surface area contributed by atoms with Gasteiger partial charge in [-0.2, -0.15) is 0 Å². The van der Waals surface area contributed by atoms with Gasteiger partial charge in [0.15, 0.2) is 5.69 Å². The quantitative estimate of drug-likeness (QED) is 0.612. The fraction of sp³-hybridized carbons (Fsp3) is 0. The fourth-order valence-electron chi connectivity index (χ4n) is 1.68. The van der Waals surface area contributed by atoms with Crippen molar-refractivity contribution in [2.45, 2.75) is 0 Å². The number of hydrogen-bond acceptors (Lipinski definition) is 4. The zero-order chi connectivity index (χ0) is 14.0. The molecular weight excluding hydrogens is 271 g/mol. The SMILES string of the molecule is Nc1cc(C(=O)O)c(C(=O)O)nc1-c1ccccc1.[H-].[Na+]. The third-order valence-electron chi connectivity index (χ3n) is 2.53. The van der Waals surface area contributed by atoms with Gasteiger partial charge in [-0.05, 0) is 6.07 Å². The molecule has 0 unspecified atom stereocenters. The molecule has 4 N–H and O–H groups in total. The van der Waals surface area contributed by atoms with Gasteiger partial charge in [-0.25, -0.2) is 14.6 Å². The van der Waals surface area contributed by atoms with Crippen molar-refractivity contribution < 1.29 is 50.8 Å². The van der Waals surface area contributed by atoms with E-state index in [1.165, 1.54) is 0 Å². The second-order valence-electron chi connectivity index (χ2n) is 3.80. The van der Waals surface area contributed by atoms with Gasteiger partial charge < -0.3 is 17.4 Å². The molecule has 1 aromatic carbocycles. The van der Waals surface area contributed by atoms with Crippen LogP contribution in [0.15, 0.2) is 36.4 Å². The summed E-state index contributed by atoms with van der Waals surface area (Å²) < 4.78 is 0. The minimum absolute atomic E-state index is 0. The van der Waals surface area contributed by atoms with Gasteiger partial charge >= 0.3 is 41.5 Å². The van der Waals surface area contributed by atoms with Crippen molar-refractivity contribution in [3.8, 4) is 11.3 Å². The second-order valence-corrected chi connectivity index (χ2v) is 3.80. The van der Waals surface area contributed by atoms with Gasteiger partial charge in [0.05, 0.1) is 16.9 Å². The average molecular weight is 282 g/mol. The predicted molar refractivity (Wildman–Crippen MR) is 69.1 cm³/mol. The fourth-order valence-corrected chi connectivity index (χ4v) is 1.68. The zero-order valence-corrected chi connectivity index (χ0v) is 12.7. The topological polar surface area (TPSA) is 114 Å². The minimum Gasteiger partial charge on any atom is -1.00 e. The van der Waals surface area contributed by atoms with Crippen LogP contribution >= 0.6 is 0 Å². The number of nitrogen functional groups attached to an aromatic ring is 1. The Labute approximate surface area is 138 Å². The number of anilines is 1. The number of carboxylic acid groups (broad SMARTS) is 2. The van der Waals surface area contributed by atoms with Gasteiger partial charge in [0.25, 0.3) is 0 Å². The van der Waals surface area contributed by atoms with Gasteiger partial charge in [0.2, 0.25) is 0 Å². The third-order valence-corrected chi connectivity index (χ3v) is 2.53. The van der Waals surface area contributed by atoms with E-state index in [4.69, 9.17) is 15.9 Å². The summed E-state index contributed by atoms with van der Waals surface area (Å²) in [4.78, 5) is 25.9. The summed E-state index contributed by atoms with van der Waals surface area (Å²) in [5.41, 5.74) is 5.78. The Morgan fingerprint density at radius 2 is 1.70 bits per heavy atom. The summed E-state index contributed by atoms with van der Waals surface area (Å²) in [6.07, 6.45) is 0. The maximum absolute atomic E-state index is 11.1. The summed E-state index contributed by atoms with van der Waals surface area (Å²) in [5.74, 6) is -2.79. The van der Waals surface area contributed by atoms with Crippen LogP contribution in [0.4, 0.5) is 5.69 Å². The summed E-state index contributed by atoms with van der Waals surface area (Å²) in [6.45, 7) is 0. The van der Waals surface area contributed by atoms with E-state index in [0.717, 1.165) is 6.07 Å². The molecule has 0 spiro atoms. The number of rotatable bonds is 3. The van der Waals surface area contributed by atoms with Crippen LogP contribution < -0.4 is 35.3 Å². The van der Waals surface area contributed by atoms with Crippen molar-refractivity contribution in [1.29, 1.82) is 0 Å². The van der Waals surface area contributed by atoms with Crippen LogP contribution in [0, 0.1) is 0 Å². The zero-order valence-electron chi connectivity index (χ0n) is 11.7. The minimum atomic E-state index is -1.41. The van der Waals surface area contributed by atoms with Crippen LogP contribution in [0.2, 0.25) is 0 Å². The molecule has 0 bridgehead atoms. The monoisotopic (exact) mass is 282 g/mol. The van der Waals surface area contributed by atoms with E-state index >= 15 is 0 Å². The number of hydrogen-bond donors (Lipinski definition) is 3. The van der Waals surface area contributed by atoms with Crippen LogP contribution in [0.25, 0.3) is 11.3 Å². The van der Waals surface area contributed by atoms with Crippen molar-refractivity contribution in [2.75, 3.05) is 5.73 Å². The molecule has 0 fully saturated rings. The summed E-state index contributed by atoms with van der Waals surface area (Å²) in [7, 11) is 0.